The molecule has 2 aliphatic rings. The van der Waals surface area contributed by atoms with Gasteiger partial charge >= 0.3 is 0 Å². The van der Waals surface area contributed by atoms with E-state index in [1.165, 1.54) is 44.5 Å². The van der Waals surface area contributed by atoms with E-state index in [-0.39, 0.29) is 23.8 Å². The molecule has 162 valence electrons. The highest BCUT2D eigenvalue weighted by Gasteiger charge is 2.30. The van der Waals surface area contributed by atoms with E-state index in [2.05, 4.69) is 22.1 Å². The fourth-order valence-electron chi connectivity index (χ4n) is 4.84. The number of carbonyl (C=O) groups is 1. The van der Waals surface area contributed by atoms with Crippen LogP contribution in [-0.2, 0) is 0 Å². The summed E-state index contributed by atoms with van der Waals surface area (Å²) in [6.07, 6.45) is 9.47. The Morgan fingerprint density at radius 2 is 1.87 bits per heavy atom. The smallest absolute Gasteiger partial charge is 0.276 e. The zero-order valence-electron chi connectivity index (χ0n) is 17.8. The molecular formula is C23H32FN5O. The van der Waals surface area contributed by atoms with E-state index in [1.807, 2.05) is 4.90 Å². The third-order valence-electron chi connectivity index (χ3n) is 6.56. The van der Waals surface area contributed by atoms with Crippen LogP contribution in [0.2, 0.25) is 0 Å². The highest BCUT2D eigenvalue weighted by atomic mass is 19.1. The first-order valence-corrected chi connectivity index (χ1v) is 11.4. The molecule has 0 bridgehead atoms. The molecule has 0 saturated carbocycles. The highest BCUT2D eigenvalue weighted by Crippen LogP contribution is 2.25. The van der Waals surface area contributed by atoms with Gasteiger partial charge in [-0.3, -0.25) is 4.79 Å². The summed E-state index contributed by atoms with van der Waals surface area (Å²) in [5.41, 5.74) is 1.37. The number of aromatic nitrogens is 3. The largest absolute Gasteiger partial charge is 0.334 e. The molecule has 6 nitrogen and oxygen atoms in total. The minimum atomic E-state index is -0.256. The number of halogens is 1. The van der Waals surface area contributed by atoms with Crippen molar-refractivity contribution in [2.45, 2.75) is 64.0 Å². The van der Waals surface area contributed by atoms with Gasteiger partial charge in [-0.25, -0.2) is 9.07 Å². The van der Waals surface area contributed by atoms with Gasteiger partial charge in [0.25, 0.3) is 5.91 Å². The first-order chi connectivity index (χ1) is 14.7. The van der Waals surface area contributed by atoms with E-state index < -0.39 is 0 Å². The average molecular weight is 414 g/mol. The lowest BCUT2D eigenvalue weighted by molar-refractivity contribution is 0.0581. The molecular weight excluding hydrogens is 381 g/mol. The molecule has 1 aromatic heterocycles. The van der Waals surface area contributed by atoms with E-state index in [0.717, 1.165) is 44.3 Å². The van der Waals surface area contributed by atoms with Crippen molar-refractivity contribution < 1.29 is 9.18 Å². The summed E-state index contributed by atoms with van der Waals surface area (Å²) in [6, 6.07) is 6.68. The minimum Gasteiger partial charge on any atom is -0.334 e. The van der Waals surface area contributed by atoms with Crippen LogP contribution >= 0.6 is 0 Å². The predicted molar refractivity (Wildman–Crippen MR) is 114 cm³/mol. The lowest BCUT2D eigenvalue weighted by Crippen LogP contribution is -2.45. The van der Waals surface area contributed by atoms with Crippen molar-refractivity contribution in [2.24, 2.45) is 0 Å². The predicted octanol–water partition coefficient (Wildman–Crippen LogP) is 3.90. The van der Waals surface area contributed by atoms with Crippen molar-refractivity contribution in [1.82, 2.24) is 24.8 Å². The molecule has 2 fully saturated rings. The van der Waals surface area contributed by atoms with Gasteiger partial charge in [-0.2, -0.15) is 0 Å². The zero-order chi connectivity index (χ0) is 20.9. The van der Waals surface area contributed by atoms with Crippen molar-refractivity contribution in [2.75, 3.05) is 26.2 Å². The van der Waals surface area contributed by atoms with Gasteiger partial charge in [0.15, 0.2) is 5.69 Å². The van der Waals surface area contributed by atoms with Crippen LogP contribution in [0.25, 0.3) is 0 Å². The molecule has 0 unspecified atom stereocenters. The van der Waals surface area contributed by atoms with Gasteiger partial charge in [-0.1, -0.05) is 24.3 Å². The molecule has 1 amide bonds. The highest BCUT2D eigenvalue weighted by molar-refractivity contribution is 5.92. The summed E-state index contributed by atoms with van der Waals surface area (Å²) < 4.78 is 15.0. The first-order valence-electron chi connectivity index (χ1n) is 11.4. The van der Waals surface area contributed by atoms with E-state index in [9.17, 15) is 9.18 Å². The standard InChI is InChI=1S/C23H32FN5O/c1-2-22(18-8-10-19(24)11-9-18)29-17-21(25-26-29)23(30)28-15-4-3-7-20(28)12-16-27-13-5-6-14-27/h8-11,17,20,22H,2-7,12-16H2,1H3/t20-,22-/m0/s1. The van der Waals surface area contributed by atoms with Crippen LogP contribution in [-0.4, -0.2) is 62.9 Å². The summed E-state index contributed by atoms with van der Waals surface area (Å²) in [7, 11) is 0. The van der Waals surface area contributed by atoms with Crippen LogP contribution in [0.3, 0.4) is 0 Å². The van der Waals surface area contributed by atoms with Gasteiger partial charge in [0.1, 0.15) is 5.82 Å². The van der Waals surface area contributed by atoms with Crippen LogP contribution in [0.15, 0.2) is 30.5 Å². The van der Waals surface area contributed by atoms with Crippen molar-refractivity contribution in [3.8, 4) is 0 Å². The lowest BCUT2D eigenvalue weighted by atomic mass is 9.98. The van der Waals surface area contributed by atoms with Crippen molar-refractivity contribution in [1.29, 1.82) is 0 Å². The minimum absolute atomic E-state index is 0.0127. The van der Waals surface area contributed by atoms with Gasteiger partial charge < -0.3 is 9.80 Å². The molecule has 2 saturated heterocycles. The Kier molecular flexibility index (Phi) is 6.77. The number of rotatable bonds is 7. The maximum atomic E-state index is 13.3. The SMILES string of the molecule is CC[C@@H](c1ccc(F)cc1)n1cc(C(=O)N2CCCC[C@H]2CCN2CCCC2)nn1. The zero-order valence-corrected chi connectivity index (χ0v) is 17.8. The number of amides is 1. The molecule has 0 N–H and O–H groups in total. The van der Waals surface area contributed by atoms with Crippen molar-refractivity contribution in [3.63, 3.8) is 0 Å². The molecule has 2 aromatic rings. The second-order valence-corrected chi connectivity index (χ2v) is 8.54. The number of hydrogen-bond acceptors (Lipinski definition) is 4. The summed E-state index contributed by atoms with van der Waals surface area (Å²) in [6.45, 7) is 6.30. The number of likely N-dealkylation sites (tertiary alicyclic amines) is 2. The summed E-state index contributed by atoms with van der Waals surface area (Å²) in [4.78, 5) is 17.8. The van der Waals surface area contributed by atoms with Crippen LogP contribution in [0.5, 0.6) is 0 Å². The Balaban J connectivity index is 1.45. The summed E-state index contributed by atoms with van der Waals surface area (Å²) in [5, 5.41) is 8.47. The van der Waals surface area contributed by atoms with E-state index in [0.29, 0.717) is 5.69 Å². The van der Waals surface area contributed by atoms with Gasteiger partial charge in [0, 0.05) is 19.1 Å². The fraction of sp³-hybridized carbons (Fsp3) is 0.609. The molecule has 30 heavy (non-hydrogen) atoms. The van der Waals surface area contributed by atoms with Crippen LogP contribution < -0.4 is 0 Å². The van der Waals surface area contributed by atoms with Crippen LogP contribution in [0.1, 0.15) is 74.0 Å². The fourth-order valence-corrected chi connectivity index (χ4v) is 4.84. The van der Waals surface area contributed by atoms with Gasteiger partial charge in [-0.05, 0) is 75.7 Å². The van der Waals surface area contributed by atoms with Crippen molar-refractivity contribution >= 4 is 5.91 Å². The van der Waals surface area contributed by atoms with E-state index >= 15 is 0 Å². The first kappa shape index (κ1) is 21.0. The number of nitrogens with zero attached hydrogens (tertiary/aromatic N) is 5. The van der Waals surface area contributed by atoms with E-state index in [4.69, 9.17) is 0 Å². The molecule has 4 rings (SSSR count). The molecule has 1 aromatic carbocycles. The third kappa shape index (κ3) is 4.72. The summed E-state index contributed by atoms with van der Waals surface area (Å²) in [5.74, 6) is -0.269. The van der Waals surface area contributed by atoms with Crippen LogP contribution in [0, 0.1) is 5.82 Å². The molecule has 2 aliphatic heterocycles. The molecule has 7 heteroatoms. The number of hydrogen-bond donors (Lipinski definition) is 0. The monoisotopic (exact) mass is 413 g/mol. The number of carbonyl (C=O) groups excluding carboxylic acids is 1. The normalized spacial score (nSPS) is 21.1. The molecule has 0 radical (unpaired) electrons. The van der Waals surface area contributed by atoms with Gasteiger partial charge in [0.05, 0.1) is 12.2 Å². The Hall–Kier alpha value is -2.28. The average Bonchev–Trinajstić information content (AvgIpc) is 3.46. The number of benzene rings is 1. The van der Waals surface area contributed by atoms with Gasteiger partial charge in [0.2, 0.25) is 0 Å². The van der Waals surface area contributed by atoms with E-state index in [1.54, 1.807) is 23.0 Å². The Labute approximate surface area is 178 Å². The van der Waals surface area contributed by atoms with Crippen LogP contribution in [0.4, 0.5) is 4.39 Å². The molecule has 0 aliphatic carbocycles. The molecule has 0 spiro atoms. The Morgan fingerprint density at radius 1 is 1.13 bits per heavy atom. The molecule has 3 heterocycles. The third-order valence-corrected chi connectivity index (χ3v) is 6.56. The Morgan fingerprint density at radius 3 is 2.60 bits per heavy atom. The molecule has 2 atom stereocenters. The summed E-state index contributed by atoms with van der Waals surface area (Å²) >= 11 is 0. The Bertz CT molecular complexity index is 830. The van der Waals surface area contributed by atoms with Gasteiger partial charge in [-0.15, -0.1) is 5.10 Å². The quantitative estimate of drug-likeness (QED) is 0.691. The maximum absolute atomic E-state index is 13.3. The van der Waals surface area contributed by atoms with Crippen molar-refractivity contribution in [3.05, 3.63) is 47.5 Å². The lowest BCUT2D eigenvalue weighted by Gasteiger charge is -2.36. The second kappa shape index (κ2) is 9.69. The second-order valence-electron chi connectivity index (χ2n) is 8.54. The number of piperidine rings is 1. The maximum Gasteiger partial charge on any atom is 0.276 e. The topological polar surface area (TPSA) is 54.3 Å².